The van der Waals surface area contributed by atoms with Crippen LogP contribution in [0.4, 0.5) is 10.1 Å². The Balaban J connectivity index is 1.43. The highest BCUT2D eigenvalue weighted by Gasteiger charge is 2.12. The number of hydrogen-bond acceptors (Lipinski definition) is 5. The first-order valence-corrected chi connectivity index (χ1v) is 9.97. The molecule has 2 amide bonds. The molecule has 0 fully saturated rings. The van der Waals surface area contributed by atoms with Crippen LogP contribution in [-0.4, -0.2) is 21.8 Å². The fraction of sp³-hybridized carbons (Fsp3) is 0.0400. The van der Waals surface area contributed by atoms with Crippen LogP contribution < -0.4 is 15.8 Å². The zero-order valence-electron chi connectivity index (χ0n) is 17.4. The van der Waals surface area contributed by atoms with E-state index in [0.29, 0.717) is 22.6 Å². The molecule has 0 atom stereocenters. The van der Waals surface area contributed by atoms with Crippen LogP contribution in [-0.2, 0) is 6.61 Å². The number of hydrogen-bond donors (Lipinski definition) is 2. The lowest BCUT2D eigenvalue weighted by Crippen LogP contribution is -2.12. The van der Waals surface area contributed by atoms with Gasteiger partial charge in [-0.05, 0) is 42.0 Å². The number of nitrogens with one attached hydrogen (secondary N) is 1. The van der Waals surface area contributed by atoms with E-state index >= 15 is 0 Å². The maximum absolute atomic E-state index is 14.6. The Kier molecular flexibility index (Phi) is 6.36. The van der Waals surface area contributed by atoms with Crippen molar-refractivity contribution < 1.29 is 18.7 Å². The average molecular weight is 442 g/mol. The second-order valence-electron chi connectivity index (χ2n) is 7.15. The molecule has 0 radical (unpaired) electrons. The van der Waals surface area contributed by atoms with E-state index in [1.807, 2.05) is 6.07 Å². The van der Waals surface area contributed by atoms with Gasteiger partial charge >= 0.3 is 0 Å². The maximum Gasteiger partial charge on any atom is 0.255 e. The number of primary amides is 1. The lowest BCUT2D eigenvalue weighted by molar-refractivity contribution is 0.0997. The third kappa shape index (κ3) is 5.37. The number of carbonyl (C=O) groups is 2. The maximum atomic E-state index is 14.6. The van der Waals surface area contributed by atoms with E-state index in [1.54, 1.807) is 54.9 Å². The number of nitrogens with zero attached hydrogens (tertiary/aromatic N) is 2. The monoisotopic (exact) mass is 442 g/mol. The van der Waals surface area contributed by atoms with Crippen molar-refractivity contribution in [2.24, 2.45) is 5.73 Å². The van der Waals surface area contributed by atoms with Gasteiger partial charge in [0.1, 0.15) is 18.2 Å². The number of ether oxygens (including phenoxy) is 1. The summed E-state index contributed by atoms with van der Waals surface area (Å²) in [5.41, 5.74) is 7.99. The topological polar surface area (TPSA) is 107 Å². The molecule has 164 valence electrons. The van der Waals surface area contributed by atoms with Crippen LogP contribution in [0, 0.1) is 5.82 Å². The SMILES string of the molecule is NC(=O)c1cncc(OCc2cccc(NC(=O)c3ccc(-c4cccnc4)c(F)c3)c2)c1. The number of halogens is 1. The lowest BCUT2D eigenvalue weighted by atomic mass is 10.0. The van der Waals surface area contributed by atoms with E-state index in [9.17, 15) is 14.0 Å². The molecule has 0 unspecified atom stereocenters. The quantitative estimate of drug-likeness (QED) is 0.446. The van der Waals surface area contributed by atoms with E-state index in [2.05, 4.69) is 15.3 Å². The van der Waals surface area contributed by atoms with Crippen LogP contribution in [0.1, 0.15) is 26.3 Å². The van der Waals surface area contributed by atoms with Gasteiger partial charge in [0, 0.05) is 41.0 Å². The molecule has 0 aliphatic carbocycles. The predicted molar refractivity (Wildman–Crippen MR) is 121 cm³/mol. The van der Waals surface area contributed by atoms with Crippen LogP contribution >= 0.6 is 0 Å². The molecule has 8 heteroatoms. The van der Waals surface area contributed by atoms with Crippen LogP contribution in [0.15, 0.2) is 85.5 Å². The summed E-state index contributed by atoms with van der Waals surface area (Å²) >= 11 is 0. The Hall–Kier alpha value is -4.59. The van der Waals surface area contributed by atoms with Gasteiger partial charge in [0.05, 0.1) is 11.8 Å². The van der Waals surface area contributed by atoms with Crippen molar-refractivity contribution in [3.63, 3.8) is 0 Å². The third-order valence-electron chi connectivity index (χ3n) is 4.79. The minimum absolute atomic E-state index is 0.183. The number of aromatic nitrogens is 2. The third-order valence-corrected chi connectivity index (χ3v) is 4.79. The van der Waals surface area contributed by atoms with Crippen molar-refractivity contribution in [3.8, 4) is 16.9 Å². The second-order valence-corrected chi connectivity index (χ2v) is 7.15. The number of rotatable bonds is 7. The van der Waals surface area contributed by atoms with Gasteiger partial charge in [-0.2, -0.15) is 0 Å². The van der Waals surface area contributed by atoms with Gasteiger partial charge in [-0.3, -0.25) is 19.6 Å². The molecule has 0 saturated heterocycles. The van der Waals surface area contributed by atoms with Crippen molar-refractivity contribution in [1.82, 2.24) is 9.97 Å². The zero-order valence-corrected chi connectivity index (χ0v) is 17.4. The molecule has 2 aromatic heterocycles. The molecule has 7 nitrogen and oxygen atoms in total. The van der Waals surface area contributed by atoms with Crippen LogP contribution in [0.5, 0.6) is 5.75 Å². The Labute approximate surface area is 189 Å². The van der Waals surface area contributed by atoms with Crippen molar-refractivity contribution in [2.45, 2.75) is 6.61 Å². The van der Waals surface area contributed by atoms with Gasteiger partial charge in [0.25, 0.3) is 5.91 Å². The number of anilines is 1. The largest absolute Gasteiger partial charge is 0.487 e. The van der Waals surface area contributed by atoms with E-state index in [-0.39, 0.29) is 17.7 Å². The summed E-state index contributed by atoms with van der Waals surface area (Å²) in [5.74, 6) is -1.15. The number of amides is 2. The number of carbonyl (C=O) groups excluding carboxylic acids is 2. The summed E-state index contributed by atoms with van der Waals surface area (Å²) in [4.78, 5) is 31.8. The first-order valence-electron chi connectivity index (χ1n) is 9.97. The molecule has 0 aliphatic heterocycles. The Bertz CT molecular complexity index is 1310. The highest BCUT2D eigenvalue weighted by atomic mass is 19.1. The molecule has 3 N–H and O–H groups in total. The van der Waals surface area contributed by atoms with Gasteiger partial charge < -0.3 is 15.8 Å². The minimum atomic E-state index is -0.595. The van der Waals surface area contributed by atoms with Gasteiger partial charge in [-0.25, -0.2) is 4.39 Å². The Morgan fingerprint density at radius 2 is 1.82 bits per heavy atom. The van der Waals surface area contributed by atoms with Crippen molar-refractivity contribution in [2.75, 3.05) is 5.32 Å². The minimum Gasteiger partial charge on any atom is -0.487 e. The highest BCUT2D eigenvalue weighted by Crippen LogP contribution is 2.23. The molecule has 2 aromatic carbocycles. The molecule has 0 bridgehead atoms. The molecule has 0 saturated carbocycles. The molecule has 2 heterocycles. The smallest absolute Gasteiger partial charge is 0.255 e. The summed E-state index contributed by atoms with van der Waals surface area (Å²) in [6.45, 7) is 0.183. The van der Waals surface area contributed by atoms with E-state index < -0.39 is 17.6 Å². The fourth-order valence-corrected chi connectivity index (χ4v) is 3.15. The van der Waals surface area contributed by atoms with Crippen molar-refractivity contribution >= 4 is 17.5 Å². The summed E-state index contributed by atoms with van der Waals surface area (Å²) in [6.07, 6.45) is 6.00. The number of pyridine rings is 2. The molecule has 4 aromatic rings. The molecular formula is C25H19FN4O3. The summed E-state index contributed by atoms with van der Waals surface area (Å²) in [6, 6.07) is 16.3. The van der Waals surface area contributed by atoms with Crippen molar-refractivity contribution in [3.05, 3.63) is 108 Å². The van der Waals surface area contributed by atoms with E-state index in [0.717, 1.165) is 5.56 Å². The van der Waals surface area contributed by atoms with Crippen LogP contribution in [0.2, 0.25) is 0 Å². The molecule has 0 aliphatic rings. The number of benzene rings is 2. The second kappa shape index (κ2) is 9.69. The summed E-state index contributed by atoms with van der Waals surface area (Å²) in [7, 11) is 0. The van der Waals surface area contributed by atoms with E-state index in [1.165, 1.54) is 24.5 Å². The zero-order chi connectivity index (χ0) is 23.2. The number of nitrogens with two attached hydrogens (primary N) is 1. The summed E-state index contributed by atoms with van der Waals surface area (Å²) in [5, 5.41) is 2.76. The first kappa shape index (κ1) is 21.6. The molecule has 33 heavy (non-hydrogen) atoms. The standard InChI is InChI=1S/C25H19FN4O3/c26-23-11-17(6-7-22(23)18-4-2-8-28-12-18)25(32)30-20-5-1-3-16(9-20)15-33-21-10-19(24(27)31)13-29-14-21/h1-14H,15H2,(H2,27,31)(H,30,32). The Morgan fingerprint density at radius 1 is 0.939 bits per heavy atom. The van der Waals surface area contributed by atoms with Gasteiger partial charge in [-0.1, -0.05) is 24.3 Å². The van der Waals surface area contributed by atoms with Crippen LogP contribution in [0.3, 0.4) is 0 Å². The van der Waals surface area contributed by atoms with E-state index in [4.69, 9.17) is 10.5 Å². The molecular weight excluding hydrogens is 423 g/mol. The summed E-state index contributed by atoms with van der Waals surface area (Å²) < 4.78 is 20.2. The Morgan fingerprint density at radius 3 is 2.58 bits per heavy atom. The normalized spacial score (nSPS) is 10.5. The highest BCUT2D eigenvalue weighted by molar-refractivity contribution is 6.04. The van der Waals surface area contributed by atoms with Crippen molar-refractivity contribution in [1.29, 1.82) is 0 Å². The first-order chi connectivity index (χ1) is 16.0. The lowest BCUT2D eigenvalue weighted by Gasteiger charge is -2.10. The fourth-order valence-electron chi connectivity index (χ4n) is 3.15. The predicted octanol–water partition coefficient (Wildman–Crippen LogP) is 4.21. The average Bonchev–Trinajstić information content (AvgIpc) is 2.83. The molecule has 0 spiro atoms. The molecule has 4 rings (SSSR count). The van der Waals surface area contributed by atoms with Gasteiger partial charge in [0.15, 0.2) is 0 Å². The van der Waals surface area contributed by atoms with Gasteiger partial charge in [0.2, 0.25) is 5.91 Å². The van der Waals surface area contributed by atoms with Gasteiger partial charge in [-0.15, -0.1) is 0 Å². The van der Waals surface area contributed by atoms with Crippen LogP contribution in [0.25, 0.3) is 11.1 Å².